The molecule has 12 heavy (non-hydrogen) atoms. The van der Waals surface area contributed by atoms with Gasteiger partial charge in [0, 0.05) is 5.92 Å². The highest BCUT2D eigenvalue weighted by Gasteiger charge is 2.25. The lowest BCUT2D eigenvalue weighted by Gasteiger charge is -2.21. The molecule has 0 amide bonds. The molecule has 0 heterocycles. The first-order valence-corrected chi connectivity index (χ1v) is 4.76. The van der Waals surface area contributed by atoms with Gasteiger partial charge in [0.25, 0.3) is 0 Å². The minimum absolute atomic E-state index is 0.170. The SMILES string of the molecule is C=C[C@@H]1CC=C[C@@H]1C(O)CCC. The van der Waals surface area contributed by atoms with E-state index in [1.54, 1.807) is 0 Å². The lowest BCUT2D eigenvalue weighted by molar-refractivity contribution is 0.105. The molecule has 3 atom stereocenters. The highest BCUT2D eigenvalue weighted by molar-refractivity contribution is 5.08. The van der Waals surface area contributed by atoms with Crippen LogP contribution < -0.4 is 0 Å². The first-order valence-electron chi connectivity index (χ1n) is 4.76. The van der Waals surface area contributed by atoms with Gasteiger partial charge in [0.2, 0.25) is 0 Å². The Morgan fingerprint density at radius 2 is 2.50 bits per heavy atom. The molecule has 0 aliphatic heterocycles. The predicted octanol–water partition coefficient (Wildman–Crippen LogP) is 2.53. The molecule has 1 aliphatic rings. The van der Waals surface area contributed by atoms with Gasteiger partial charge in [-0.3, -0.25) is 0 Å². The van der Waals surface area contributed by atoms with Crippen LogP contribution in [-0.2, 0) is 0 Å². The molecule has 1 N–H and O–H groups in total. The van der Waals surface area contributed by atoms with Crippen molar-refractivity contribution >= 4 is 0 Å². The second kappa shape index (κ2) is 4.46. The molecule has 0 fully saturated rings. The number of rotatable bonds is 4. The summed E-state index contributed by atoms with van der Waals surface area (Å²) < 4.78 is 0. The Hall–Kier alpha value is -0.560. The fraction of sp³-hybridized carbons (Fsp3) is 0.636. The summed E-state index contributed by atoms with van der Waals surface area (Å²) in [4.78, 5) is 0. The van der Waals surface area contributed by atoms with Crippen LogP contribution >= 0.6 is 0 Å². The molecule has 1 unspecified atom stereocenters. The monoisotopic (exact) mass is 166 g/mol. The van der Waals surface area contributed by atoms with E-state index in [9.17, 15) is 5.11 Å². The second-order valence-corrected chi connectivity index (χ2v) is 3.50. The molecule has 1 heteroatoms. The first kappa shape index (κ1) is 9.53. The van der Waals surface area contributed by atoms with Crippen molar-refractivity contribution in [1.82, 2.24) is 0 Å². The molecule has 0 saturated heterocycles. The van der Waals surface area contributed by atoms with Gasteiger partial charge in [-0.1, -0.05) is 31.6 Å². The highest BCUT2D eigenvalue weighted by atomic mass is 16.3. The van der Waals surface area contributed by atoms with Crippen molar-refractivity contribution in [2.24, 2.45) is 11.8 Å². The van der Waals surface area contributed by atoms with Gasteiger partial charge >= 0.3 is 0 Å². The zero-order valence-electron chi connectivity index (χ0n) is 7.74. The third-order valence-corrected chi connectivity index (χ3v) is 2.59. The van der Waals surface area contributed by atoms with E-state index in [2.05, 4.69) is 25.7 Å². The lowest BCUT2D eigenvalue weighted by atomic mass is 9.89. The Morgan fingerprint density at radius 3 is 3.08 bits per heavy atom. The standard InChI is InChI=1S/C11H18O/c1-3-6-11(12)10-8-5-7-9(10)4-2/h4-5,8-12H,2-3,6-7H2,1H3/t9-,10+,11?/m1/s1. The molecule has 1 nitrogen and oxygen atoms in total. The predicted molar refractivity (Wildman–Crippen MR) is 51.8 cm³/mol. The van der Waals surface area contributed by atoms with Crippen molar-refractivity contribution < 1.29 is 5.11 Å². The maximum atomic E-state index is 9.75. The summed E-state index contributed by atoms with van der Waals surface area (Å²) in [6.07, 6.45) is 9.08. The number of aliphatic hydroxyl groups is 1. The van der Waals surface area contributed by atoms with Crippen LogP contribution in [0.15, 0.2) is 24.8 Å². The molecule has 1 aliphatic carbocycles. The maximum absolute atomic E-state index is 9.75. The van der Waals surface area contributed by atoms with Crippen LogP contribution in [0.1, 0.15) is 26.2 Å². The summed E-state index contributed by atoms with van der Waals surface area (Å²) in [6, 6.07) is 0. The Morgan fingerprint density at radius 1 is 1.75 bits per heavy atom. The van der Waals surface area contributed by atoms with Crippen molar-refractivity contribution in [1.29, 1.82) is 0 Å². The van der Waals surface area contributed by atoms with Crippen LogP contribution in [0.4, 0.5) is 0 Å². The quantitative estimate of drug-likeness (QED) is 0.636. The number of allylic oxidation sites excluding steroid dienone is 2. The molecule has 0 radical (unpaired) electrons. The van der Waals surface area contributed by atoms with Gasteiger partial charge in [-0.2, -0.15) is 0 Å². The fourth-order valence-corrected chi connectivity index (χ4v) is 1.85. The van der Waals surface area contributed by atoms with Gasteiger partial charge in [0.15, 0.2) is 0 Å². The Bertz CT molecular complexity index is 172. The summed E-state index contributed by atoms with van der Waals surface area (Å²) in [5.41, 5.74) is 0. The fourth-order valence-electron chi connectivity index (χ4n) is 1.85. The lowest BCUT2D eigenvalue weighted by Crippen LogP contribution is -2.22. The van der Waals surface area contributed by atoms with E-state index >= 15 is 0 Å². The van der Waals surface area contributed by atoms with E-state index in [1.807, 2.05) is 6.08 Å². The van der Waals surface area contributed by atoms with E-state index in [-0.39, 0.29) is 6.10 Å². The van der Waals surface area contributed by atoms with E-state index in [1.165, 1.54) is 0 Å². The van der Waals surface area contributed by atoms with Crippen LogP contribution in [-0.4, -0.2) is 11.2 Å². The summed E-state index contributed by atoms with van der Waals surface area (Å²) in [6.45, 7) is 5.89. The largest absolute Gasteiger partial charge is 0.392 e. The average Bonchev–Trinajstić information content (AvgIpc) is 2.51. The Balaban J connectivity index is 2.48. The molecule has 0 aromatic rings. The molecule has 1 rings (SSSR count). The van der Waals surface area contributed by atoms with Gasteiger partial charge in [0.05, 0.1) is 6.10 Å². The Labute approximate surface area is 74.8 Å². The van der Waals surface area contributed by atoms with Gasteiger partial charge < -0.3 is 5.11 Å². The Kier molecular flexibility index (Phi) is 3.54. The summed E-state index contributed by atoms with van der Waals surface area (Å²) in [7, 11) is 0. The van der Waals surface area contributed by atoms with Crippen molar-refractivity contribution in [3.05, 3.63) is 24.8 Å². The van der Waals surface area contributed by atoms with Crippen LogP contribution in [0.5, 0.6) is 0 Å². The summed E-state index contributed by atoms with van der Waals surface area (Å²) >= 11 is 0. The second-order valence-electron chi connectivity index (χ2n) is 3.50. The van der Waals surface area contributed by atoms with Crippen LogP contribution in [0.25, 0.3) is 0 Å². The van der Waals surface area contributed by atoms with Crippen molar-refractivity contribution in [2.45, 2.75) is 32.3 Å². The molecular weight excluding hydrogens is 148 g/mol. The zero-order valence-corrected chi connectivity index (χ0v) is 7.74. The number of aliphatic hydroxyl groups excluding tert-OH is 1. The third kappa shape index (κ3) is 1.98. The van der Waals surface area contributed by atoms with E-state index in [0.717, 1.165) is 19.3 Å². The molecule has 68 valence electrons. The van der Waals surface area contributed by atoms with E-state index in [0.29, 0.717) is 11.8 Å². The van der Waals surface area contributed by atoms with Gasteiger partial charge in [0.1, 0.15) is 0 Å². The molecule has 0 aromatic carbocycles. The summed E-state index contributed by atoms with van der Waals surface area (Å²) in [5, 5.41) is 9.75. The van der Waals surface area contributed by atoms with Crippen LogP contribution in [0.2, 0.25) is 0 Å². The van der Waals surface area contributed by atoms with Crippen LogP contribution in [0, 0.1) is 11.8 Å². The van der Waals surface area contributed by atoms with Crippen molar-refractivity contribution in [3.8, 4) is 0 Å². The smallest absolute Gasteiger partial charge is 0.0608 e. The number of hydrogen-bond donors (Lipinski definition) is 1. The molecule has 0 saturated carbocycles. The van der Waals surface area contributed by atoms with Crippen molar-refractivity contribution in [2.75, 3.05) is 0 Å². The number of hydrogen-bond acceptors (Lipinski definition) is 1. The minimum Gasteiger partial charge on any atom is -0.392 e. The maximum Gasteiger partial charge on any atom is 0.0608 e. The van der Waals surface area contributed by atoms with Gasteiger partial charge in [-0.15, -0.1) is 6.58 Å². The van der Waals surface area contributed by atoms with Gasteiger partial charge in [-0.25, -0.2) is 0 Å². The van der Waals surface area contributed by atoms with E-state index < -0.39 is 0 Å². The van der Waals surface area contributed by atoms with Gasteiger partial charge in [-0.05, 0) is 18.8 Å². The van der Waals surface area contributed by atoms with Crippen LogP contribution in [0.3, 0.4) is 0 Å². The summed E-state index contributed by atoms with van der Waals surface area (Å²) in [5.74, 6) is 0.786. The van der Waals surface area contributed by atoms with E-state index in [4.69, 9.17) is 0 Å². The molecule has 0 bridgehead atoms. The third-order valence-electron chi connectivity index (χ3n) is 2.59. The topological polar surface area (TPSA) is 20.2 Å². The highest BCUT2D eigenvalue weighted by Crippen LogP contribution is 2.30. The average molecular weight is 166 g/mol. The minimum atomic E-state index is -0.170. The normalized spacial score (nSPS) is 30.5. The molecule has 0 aromatic heterocycles. The van der Waals surface area contributed by atoms with Crippen molar-refractivity contribution in [3.63, 3.8) is 0 Å². The molecular formula is C11H18O. The zero-order chi connectivity index (χ0) is 8.97. The first-order chi connectivity index (χ1) is 5.79. The molecule has 0 spiro atoms.